The smallest absolute Gasteiger partial charge is 0.231 e. The second-order valence-electron chi connectivity index (χ2n) is 12.3. The van der Waals surface area contributed by atoms with Gasteiger partial charge in [0.15, 0.2) is 11.5 Å². The zero-order valence-electron chi connectivity index (χ0n) is 27.9. The fraction of sp³-hybridized carbons (Fsp3) is 0.526. The van der Waals surface area contributed by atoms with Gasteiger partial charge in [-0.05, 0) is 124 Å². The van der Waals surface area contributed by atoms with Crippen LogP contribution in [0.25, 0.3) is 0 Å². The van der Waals surface area contributed by atoms with Gasteiger partial charge in [0.05, 0.1) is 0 Å². The Balaban J connectivity index is 0.00000882. The summed E-state index contributed by atoms with van der Waals surface area (Å²) in [5.74, 6) is 1.71. The van der Waals surface area contributed by atoms with E-state index in [9.17, 15) is 0 Å². The van der Waals surface area contributed by atoms with Crippen molar-refractivity contribution in [3.05, 3.63) is 93.7 Å². The van der Waals surface area contributed by atoms with Gasteiger partial charge in [-0.3, -0.25) is 4.90 Å². The zero-order valence-corrected chi connectivity index (χ0v) is 28.7. The summed E-state index contributed by atoms with van der Waals surface area (Å²) >= 11 is 0. The average Bonchev–Trinajstić information content (AvgIpc) is 3.38. The molecular weight excluding hydrogens is 538 g/mol. The molecule has 0 atom stereocenters. The molecule has 1 aliphatic heterocycles. The Morgan fingerprint density at radius 3 is 1.50 bits per heavy atom. The van der Waals surface area contributed by atoms with Gasteiger partial charge >= 0.3 is 0 Å². The van der Waals surface area contributed by atoms with Crippen LogP contribution in [0.3, 0.4) is 0 Å². The number of rotatable bonds is 18. The fourth-order valence-electron chi connectivity index (χ4n) is 4.75. The van der Waals surface area contributed by atoms with E-state index < -0.39 is 0 Å². The molecule has 234 valence electrons. The lowest BCUT2D eigenvalue weighted by atomic mass is 10.1. The normalized spacial score (nSPS) is 13.7. The van der Waals surface area contributed by atoms with Crippen molar-refractivity contribution >= 4 is 12.4 Å². The third-order valence-corrected chi connectivity index (χ3v) is 7.48. The van der Waals surface area contributed by atoms with Crippen LogP contribution in [-0.2, 0) is 6.54 Å². The third-order valence-electron chi connectivity index (χ3n) is 7.48. The van der Waals surface area contributed by atoms with Crippen LogP contribution >= 0.6 is 12.4 Å². The highest BCUT2D eigenvalue weighted by atomic mass is 35.5. The molecule has 0 spiro atoms. The molecule has 1 aromatic rings. The van der Waals surface area contributed by atoms with E-state index in [1.807, 2.05) is 6.07 Å². The number of halogens is 1. The molecule has 0 saturated carbocycles. The Bertz CT molecular complexity index is 1070. The Morgan fingerprint density at radius 2 is 1.02 bits per heavy atom. The minimum atomic E-state index is 0. The van der Waals surface area contributed by atoms with Crippen molar-refractivity contribution in [3.8, 4) is 11.5 Å². The third kappa shape index (κ3) is 16.8. The lowest BCUT2D eigenvalue weighted by molar-refractivity contribution is 0.174. The van der Waals surface area contributed by atoms with E-state index in [1.165, 1.54) is 39.0 Å². The summed E-state index contributed by atoms with van der Waals surface area (Å²) in [7, 11) is 0. The van der Waals surface area contributed by atoms with E-state index in [2.05, 4.69) is 109 Å². The molecule has 0 fully saturated rings. The first-order valence-electron chi connectivity index (χ1n) is 15.6. The summed E-state index contributed by atoms with van der Waals surface area (Å²) in [4.78, 5) is 2.52. The summed E-state index contributed by atoms with van der Waals surface area (Å²) in [5.41, 5.74) is 9.99. The molecule has 0 aromatic heterocycles. The number of hydrogen-bond donors (Lipinski definition) is 0. The van der Waals surface area contributed by atoms with Crippen molar-refractivity contribution in [2.45, 2.75) is 113 Å². The molecule has 0 unspecified atom stereocenters. The van der Waals surface area contributed by atoms with Gasteiger partial charge in [0.2, 0.25) is 6.79 Å². The highest BCUT2D eigenvalue weighted by Gasteiger charge is 2.14. The van der Waals surface area contributed by atoms with Crippen molar-refractivity contribution in [2.24, 2.45) is 0 Å². The SMILES string of the molecule is CC(C)=CCCC(C)=CCCC(C)=CCN(CC=C(C)CCC=C(C)CCC=C(C)C)Cc1ccc2c(c1)OCO2.Cl. The molecule has 0 amide bonds. The first-order chi connectivity index (χ1) is 19.6. The lowest BCUT2D eigenvalue weighted by Gasteiger charge is -2.20. The second-order valence-corrected chi connectivity index (χ2v) is 12.3. The number of benzene rings is 1. The maximum atomic E-state index is 5.63. The Kier molecular flexibility index (Phi) is 19.0. The molecule has 1 heterocycles. The number of fused-ring (bicyclic) bond motifs is 1. The first-order valence-corrected chi connectivity index (χ1v) is 15.6. The molecule has 0 bridgehead atoms. The van der Waals surface area contributed by atoms with Crippen LogP contribution in [0.1, 0.15) is 112 Å². The lowest BCUT2D eigenvalue weighted by Crippen LogP contribution is -2.24. The van der Waals surface area contributed by atoms with Gasteiger partial charge in [-0.25, -0.2) is 0 Å². The minimum absolute atomic E-state index is 0. The fourth-order valence-corrected chi connectivity index (χ4v) is 4.75. The highest BCUT2D eigenvalue weighted by Crippen LogP contribution is 2.32. The average molecular weight is 596 g/mol. The van der Waals surface area contributed by atoms with Gasteiger partial charge < -0.3 is 9.47 Å². The molecule has 42 heavy (non-hydrogen) atoms. The van der Waals surface area contributed by atoms with E-state index >= 15 is 0 Å². The maximum absolute atomic E-state index is 5.63. The van der Waals surface area contributed by atoms with Gasteiger partial charge in [0, 0.05) is 19.6 Å². The summed E-state index contributed by atoms with van der Waals surface area (Å²) in [6.45, 7) is 20.9. The largest absolute Gasteiger partial charge is 0.454 e. The topological polar surface area (TPSA) is 21.7 Å². The standard InChI is InChI=1S/C38H57NO2.ClH/c1-30(2)13-9-15-32(5)17-11-19-34(7)23-25-39(28-36-21-22-37-38(27-36)41-29-40-37)26-24-35(8)20-12-18-33(6)16-10-14-31(3)4;/h13-14,17-18,21-24,27H,9-12,15-16,19-20,25-26,28-29H2,1-8H3;1H. The van der Waals surface area contributed by atoms with E-state index in [4.69, 9.17) is 9.47 Å². The Labute approximate surface area is 264 Å². The summed E-state index contributed by atoms with van der Waals surface area (Å²) < 4.78 is 11.2. The maximum Gasteiger partial charge on any atom is 0.231 e. The van der Waals surface area contributed by atoms with Gasteiger partial charge in [0.25, 0.3) is 0 Å². The molecule has 3 nitrogen and oxygen atoms in total. The molecule has 0 radical (unpaired) electrons. The van der Waals surface area contributed by atoms with Gasteiger partial charge in [-0.15, -0.1) is 12.4 Å². The molecule has 0 N–H and O–H groups in total. The van der Waals surface area contributed by atoms with Gasteiger partial charge in [-0.2, -0.15) is 0 Å². The molecule has 1 aliphatic rings. The van der Waals surface area contributed by atoms with Gasteiger partial charge in [0.1, 0.15) is 0 Å². The Morgan fingerprint density at radius 1 is 0.595 bits per heavy atom. The number of hydrogen-bond acceptors (Lipinski definition) is 3. The van der Waals surface area contributed by atoms with Crippen LogP contribution in [0.5, 0.6) is 11.5 Å². The van der Waals surface area contributed by atoms with E-state index in [1.54, 1.807) is 0 Å². The van der Waals surface area contributed by atoms with Crippen LogP contribution in [-0.4, -0.2) is 24.8 Å². The van der Waals surface area contributed by atoms with Crippen LogP contribution in [0.2, 0.25) is 0 Å². The van der Waals surface area contributed by atoms with Gasteiger partial charge in [-0.1, -0.05) is 76.0 Å². The number of nitrogens with zero attached hydrogens (tertiary/aromatic N) is 1. The van der Waals surface area contributed by atoms with E-state index in [0.29, 0.717) is 6.79 Å². The zero-order chi connectivity index (χ0) is 30.0. The molecule has 2 rings (SSSR count). The number of allylic oxidation sites excluding steroid dienone is 10. The van der Waals surface area contributed by atoms with Crippen molar-refractivity contribution < 1.29 is 9.47 Å². The summed E-state index contributed by atoms with van der Waals surface area (Å²) in [5, 5.41) is 0. The molecular formula is C38H58ClNO2. The first kappa shape index (κ1) is 37.5. The molecule has 0 aliphatic carbocycles. The van der Waals surface area contributed by atoms with Crippen LogP contribution in [0.15, 0.2) is 88.1 Å². The van der Waals surface area contributed by atoms with Crippen LogP contribution in [0.4, 0.5) is 0 Å². The van der Waals surface area contributed by atoms with Crippen molar-refractivity contribution in [1.29, 1.82) is 0 Å². The number of ether oxygens (including phenoxy) is 2. The van der Waals surface area contributed by atoms with Crippen molar-refractivity contribution in [3.63, 3.8) is 0 Å². The Hall–Kier alpha value is -2.49. The van der Waals surface area contributed by atoms with Crippen LogP contribution in [0, 0.1) is 0 Å². The van der Waals surface area contributed by atoms with Crippen molar-refractivity contribution in [1.82, 2.24) is 4.90 Å². The molecule has 4 heteroatoms. The minimum Gasteiger partial charge on any atom is -0.454 e. The summed E-state index contributed by atoms with van der Waals surface area (Å²) in [6.07, 6.45) is 23.4. The van der Waals surface area contributed by atoms with Crippen LogP contribution < -0.4 is 9.47 Å². The summed E-state index contributed by atoms with van der Waals surface area (Å²) in [6, 6.07) is 6.34. The van der Waals surface area contributed by atoms with E-state index in [0.717, 1.165) is 82.5 Å². The molecule has 1 aromatic carbocycles. The quantitative estimate of drug-likeness (QED) is 0.157. The molecule has 0 saturated heterocycles. The monoisotopic (exact) mass is 595 g/mol. The predicted octanol–water partition coefficient (Wildman–Crippen LogP) is 11.5. The van der Waals surface area contributed by atoms with E-state index in [-0.39, 0.29) is 12.4 Å². The predicted molar refractivity (Wildman–Crippen MR) is 186 cm³/mol. The second kappa shape index (κ2) is 21.2. The highest BCUT2D eigenvalue weighted by molar-refractivity contribution is 5.85. The van der Waals surface area contributed by atoms with Crippen molar-refractivity contribution in [2.75, 3.05) is 19.9 Å².